The highest BCUT2D eigenvalue weighted by molar-refractivity contribution is 5.86. The van der Waals surface area contributed by atoms with Gasteiger partial charge in [-0.3, -0.25) is 0 Å². The summed E-state index contributed by atoms with van der Waals surface area (Å²) < 4.78 is 14.8. The molecule has 0 bridgehead atoms. The number of hydrogen-bond acceptors (Lipinski definition) is 5. The Kier molecular flexibility index (Phi) is 5.20. The Morgan fingerprint density at radius 3 is 2.67 bits per heavy atom. The Hall–Kier alpha value is -2.01. The molecule has 0 fully saturated rings. The van der Waals surface area contributed by atoms with Crippen molar-refractivity contribution in [3.05, 3.63) is 41.3 Å². The lowest BCUT2D eigenvalue weighted by molar-refractivity contribution is -0.138. The van der Waals surface area contributed by atoms with Crippen LogP contribution in [-0.2, 0) is 20.9 Å². The molecule has 0 heterocycles. The number of methoxy groups -OCH3 is 2. The van der Waals surface area contributed by atoms with Gasteiger partial charge in [-0.2, -0.15) is 0 Å². The standard InChI is InChI=1S/C13H16O5/c1-9-4-5-10(7-14)6-11(9)18-12(8-16-2)13(15)17-3/h4-6,8,14H,7H2,1-3H3/b12-8-. The fraction of sp³-hybridized carbons (Fsp3) is 0.308. The van der Waals surface area contributed by atoms with E-state index >= 15 is 0 Å². The lowest BCUT2D eigenvalue weighted by Crippen LogP contribution is -2.11. The molecule has 1 aromatic carbocycles. The lowest BCUT2D eigenvalue weighted by atomic mass is 10.1. The summed E-state index contributed by atoms with van der Waals surface area (Å²) in [5.41, 5.74) is 1.52. The number of hydrogen-bond donors (Lipinski definition) is 1. The number of carbonyl (C=O) groups excluding carboxylic acids is 1. The summed E-state index contributed by atoms with van der Waals surface area (Å²) in [7, 11) is 2.66. The van der Waals surface area contributed by atoms with E-state index in [0.29, 0.717) is 11.3 Å². The second-order valence-corrected chi connectivity index (χ2v) is 3.57. The minimum absolute atomic E-state index is 0.0572. The van der Waals surface area contributed by atoms with Crippen LogP contribution < -0.4 is 4.74 Å². The number of aliphatic hydroxyl groups is 1. The maximum Gasteiger partial charge on any atom is 0.377 e. The van der Waals surface area contributed by atoms with E-state index in [4.69, 9.17) is 14.6 Å². The van der Waals surface area contributed by atoms with Crippen molar-refractivity contribution >= 4 is 5.97 Å². The van der Waals surface area contributed by atoms with Gasteiger partial charge in [-0.15, -0.1) is 0 Å². The monoisotopic (exact) mass is 252 g/mol. The third-order valence-corrected chi connectivity index (χ3v) is 2.27. The molecular weight excluding hydrogens is 236 g/mol. The topological polar surface area (TPSA) is 65.0 Å². The minimum atomic E-state index is -0.634. The van der Waals surface area contributed by atoms with Crippen LogP contribution in [0.1, 0.15) is 11.1 Å². The summed E-state index contributed by atoms with van der Waals surface area (Å²) in [6.45, 7) is 1.73. The van der Waals surface area contributed by atoms with E-state index in [-0.39, 0.29) is 12.4 Å². The zero-order chi connectivity index (χ0) is 13.5. The molecule has 0 spiro atoms. The molecule has 5 heteroatoms. The molecule has 18 heavy (non-hydrogen) atoms. The first-order valence-electron chi connectivity index (χ1n) is 5.32. The van der Waals surface area contributed by atoms with Gasteiger partial charge >= 0.3 is 5.97 Å². The van der Waals surface area contributed by atoms with Crippen LogP contribution in [-0.4, -0.2) is 25.3 Å². The van der Waals surface area contributed by atoms with Crippen LogP contribution in [0.5, 0.6) is 5.75 Å². The molecule has 0 saturated heterocycles. The van der Waals surface area contributed by atoms with Gasteiger partial charge in [0, 0.05) is 0 Å². The van der Waals surface area contributed by atoms with Crippen molar-refractivity contribution in [2.45, 2.75) is 13.5 Å². The van der Waals surface area contributed by atoms with E-state index in [1.807, 2.05) is 6.92 Å². The molecule has 0 aliphatic heterocycles. The van der Waals surface area contributed by atoms with Crippen LogP contribution in [0.25, 0.3) is 0 Å². The Bertz CT molecular complexity index is 451. The number of esters is 1. The van der Waals surface area contributed by atoms with Crippen LogP contribution in [0, 0.1) is 6.92 Å². The summed E-state index contributed by atoms with van der Waals surface area (Å²) in [6.07, 6.45) is 1.16. The van der Waals surface area contributed by atoms with Crippen molar-refractivity contribution in [1.29, 1.82) is 0 Å². The predicted octanol–water partition coefficient (Wildman–Crippen LogP) is 1.53. The summed E-state index contributed by atoms with van der Waals surface area (Å²) in [4.78, 5) is 11.4. The molecule has 0 saturated carbocycles. The molecule has 1 N–H and O–H groups in total. The molecule has 0 aromatic heterocycles. The molecular formula is C13H16O5. The molecule has 0 amide bonds. The summed E-state index contributed by atoms with van der Waals surface area (Å²) in [5, 5.41) is 9.06. The van der Waals surface area contributed by atoms with Gasteiger partial charge in [-0.1, -0.05) is 12.1 Å². The normalized spacial score (nSPS) is 11.0. The number of aryl methyl sites for hydroxylation is 1. The zero-order valence-corrected chi connectivity index (χ0v) is 10.6. The fourth-order valence-corrected chi connectivity index (χ4v) is 1.29. The minimum Gasteiger partial charge on any atom is -0.500 e. The first-order valence-corrected chi connectivity index (χ1v) is 5.32. The zero-order valence-electron chi connectivity index (χ0n) is 10.6. The first kappa shape index (κ1) is 14.1. The van der Waals surface area contributed by atoms with Gasteiger partial charge in [0.05, 0.1) is 20.8 Å². The Morgan fingerprint density at radius 1 is 1.39 bits per heavy atom. The number of carbonyl (C=O) groups is 1. The molecule has 98 valence electrons. The molecule has 1 rings (SSSR count). The Labute approximate surface area is 106 Å². The summed E-state index contributed by atoms with van der Waals surface area (Å²) in [5.74, 6) is -0.223. The SMILES string of the molecule is CO/C=C(\Oc1cc(CO)ccc1C)C(=O)OC. The van der Waals surface area contributed by atoms with E-state index in [0.717, 1.165) is 11.8 Å². The van der Waals surface area contributed by atoms with Crippen LogP contribution in [0.15, 0.2) is 30.2 Å². The maximum atomic E-state index is 11.4. The van der Waals surface area contributed by atoms with Gasteiger partial charge in [-0.25, -0.2) is 4.79 Å². The predicted molar refractivity (Wildman–Crippen MR) is 64.8 cm³/mol. The van der Waals surface area contributed by atoms with E-state index in [2.05, 4.69) is 4.74 Å². The second kappa shape index (κ2) is 6.66. The van der Waals surface area contributed by atoms with Crippen molar-refractivity contribution in [2.24, 2.45) is 0 Å². The highest BCUT2D eigenvalue weighted by Crippen LogP contribution is 2.22. The first-order chi connectivity index (χ1) is 8.62. The number of ether oxygens (including phenoxy) is 3. The number of aliphatic hydroxyl groups excluding tert-OH is 1. The van der Waals surface area contributed by atoms with Crippen molar-refractivity contribution in [1.82, 2.24) is 0 Å². The molecule has 0 unspecified atom stereocenters. The van der Waals surface area contributed by atoms with Gasteiger partial charge < -0.3 is 19.3 Å². The number of rotatable bonds is 5. The van der Waals surface area contributed by atoms with E-state index < -0.39 is 5.97 Å². The molecule has 0 aliphatic carbocycles. The lowest BCUT2D eigenvalue weighted by Gasteiger charge is -2.11. The quantitative estimate of drug-likeness (QED) is 0.489. The van der Waals surface area contributed by atoms with Gasteiger partial charge in [0.25, 0.3) is 0 Å². The molecule has 5 nitrogen and oxygen atoms in total. The van der Waals surface area contributed by atoms with Gasteiger partial charge in [0.2, 0.25) is 5.76 Å². The highest BCUT2D eigenvalue weighted by atomic mass is 16.6. The van der Waals surface area contributed by atoms with E-state index in [1.165, 1.54) is 14.2 Å². The molecule has 0 aliphatic rings. The number of benzene rings is 1. The van der Waals surface area contributed by atoms with Crippen LogP contribution >= 0.6 is 0 Å². The maximum absolute atomic E-state index is 11.4. The fourth-order valence-electron chi connectivity index (χ4n) is 1.29. The van der Waals surface area contributed by atoms with E-state index in [9.17, 15) is 4.79 Å². The summed E-state index contributed by atoms with van der Waals surface area (Å²) >= 11 is 0. The molecule has 1 aromatic rings. The van der Waals surface area contributed by atoms with Crippen LogP contribution in [0.2, 0.25) is 0 Å². The van der Waals surface area contributed by atoms with Crippen LogP contribution in [0.4, 0.5) is 0 Å². The van der Waals surface area contributed by atoms with Crippen LogP contribution in [0.3, 0.4) is 0 Å². The molecule has 0 atom stereocenters. The van der Waals surface area contributed by atoms with Gasteiger partial charge in [0.1, 0.15) is 12.0 Å². The largest absolute Gasteiger partial charge is 0.500 e. The van der Waals surface area contributed by atoms with Crippen molar-refractivity contribution < 1.29 is 24.1 Å². The average molecular weight is 252 g/mol. The smallest absolute Gasteiger partial charge is 0.377 e. The Morgan fingerprint density at radius 2 is 2.11 bits per heavy atom. The third kappa shape index (κ3) is 3.49. The van der Waals surface area contributed by atoms with Crippen molar-refractivity contribution in [2.75, 3.05) is 14.2 Å². The Balaban J connectivity index is 3.00. The van der Waals surface area contributed by atoms with Gasteiger partial charge in [-0.05, 0) is 24.1 Å². The van der Waals surface area contributed by atoms with Crippen molar-refractivity contribution in [3.63, 3.8) is 0 Å². The third-order valence-electron chi connectivity index (χ3n) is 2.27. The van der Waals surface area contributed by atoms with Gasteiger partial charge in [0.15, 0.2) is 0 Å². The van der Waals surface area contributed by atoms with Crippen molar-refractivity contribution in [3.8, 4) is 5.75 Å². The highest BCUT2D eigenvalue weighted by Gasteiger charge is 2.14. The summed E-state index contributed by atoms with van der Waals surface area (Å²) in [6, 6.07) is 5.23. The molecule has 0 radical (unpaired) electrons. The second-order valence-electron chi connectivity index (χ2n) is 3.57. The average Bonchev–Trinajstić information content (AvgIpc) is 2.39. The van der Waals surface area contributed by atoms with E-state index in [1.54, 1.807) is 18.2 Å².